The fraction of sp³-hybridized carbons (Fsp3) is 0. The maximum absolute atomic E-state index is 12.8. The van der Waals surface area contributed by atoms with Crippen molar-refractivity contribution in [3.05, 3.63) is 34.1 Å². The zero-order chi connectivity index (χ0) is 10.9. The molecule has 0 aliphatic heterocycles. The van der Waals surface area contributed by atoms with Crippen LogP contribution in [0.25, 0.3) is 0 Å². The molecule has 0 aliphatic rings. The Bertz CT molecular complexity index is 485. The van der Waals surface area contributed by atoms with Gasteiger partial charge < -0.3 is 0 Å². The molecule has 1 rings (SSSR count). The first-order valence-electron chi connectivity index (χ1n) is 3.29. The number of nitro benzene ring substituents is 1. The summed E-state index contributed by atoms with van der Waals surface area (Å²) >= 11 is 0. The molecule has 6 nitrogen and oxygen atoms in total. The van der Waals surface area contributed by atoms with E-state index in [9.17, 15) is 22.9 Å². The molecular formula is C6H5FN2O4S. The summed E-state index contributed by atoms with van der Waals surface area (Å²) in [6.07, 6.45) is 0. The van der Waals surface area contributed by atoms with Gasteiger partial charge in [0.15, 0.2) is 0 Å². The van der Waals surface area contributed by atoms with Gasteiger partial charge in [0, 0.05) is 12.1 Å². The Kier molecular flexibility index (Phi) is 2.49. The maximum Gasteiger partial charge on any atom is 0.270 e. The van der Waals surface area contributed by atoms with Crippen LogP contribution in [-0.4, -0.2) is 13.3 Å². The van der Waals surface area contributed by atoms with E-state index in [-0.39, 0.29) is 0 Å². The number of sulfonamides is 1. The SMILES string of the molecule is NS(=O)(=O)c1cc([N+](=O)[O-])ccc1F. The Hall–Kier alpha value is -1.54. The molecular weight excluding hydrogens is 215 g/mol. The molecule has 0 unspecified atom stereocenters. The standard InChI is InChI=1S/C6H5FN2O4S/c7-5-2-1-4(9(10)11)3-6(5)14(8,12)13/h1-3H,(H2,8,12,13). The summed E-state index contributed by atoms with van der Waals surface area (Å²) in [7, 11) is -4.27. The first-order valence-corrected chi connectivity index (χ1v) is 4.84. The van der Waals surface area contributed by atoms with E-state index in [1.54, 1.807) is 0 Å². The van der Waals surface area contributed by atoms with Gasteiger partial charge >= 0.3 is 0 Å². The Morgan fingerprint density at radius 1 is 1.43 bits per heavy atom. The lowest BCUT2D eigenvalue weighted by molar-refractivity contribution is -0.385. The lowest BCUT2D eigenvalue weighted by Gasteiger charge is -1.99. The zero-order valence-corrected chi connectivity index (χ0v) is 7.49. The molecule has 0 aliphatic carbocycles. The third-order valence-electron chi connectivity index (χ3n) is 1.43. The van der Waals surface area contributed by atoms with Crippen LogP contribution in [0.2, 0.25) is 0 Å². The van der Waals surface area contributed by atoms with Gasteiger partial charge in [0.05, 0.1) is 4.92 Å². The number of nitrogens with zero attached hydrogens (tertiary/aromatic N) is 1. The van der Waals surface area contributed by atoms with E-state index in [4.69, 9.17) is 0 Å². The highest BCUT2D eigenvalue weighted by atomic mass is 32.2. The van der Waals surface area contributed by atoms with Crippen molar-refractivity contribution in [1.29, 1.82) is 0 Å². The number of hydrogen-bond donors (Lipinski definition) is 1. The van der Waals surface area contributed by atoms with E-state index >= 15 is 0 Å². The fourth-order valence-corrected chi connectivity index (χ4v) is 1.45. The van der Waals surface area contributed by atoms with Gasteiger partial charge in [-0.15, -0.1) is 0 Å². The number of hydrogen-bond acceptors (Lipinski definition) is 4. The molecule has 0 aromatic heterocycles. The van der Waals surface area contributed by atoms with Crippen molar-refractivity contribution in [2.45, 2.75) is 4.90 Å². The van der Waals surface area contributed by atoms with Crippen LogP contribution in [0.3, 0.4) is 0 Å². The second-order valence-electron chi connectivity index (χ2n) is 2.42. The molecule has 1 aromatic rings. The predicted octanol–water partition coefficient (Wildman–Crippen LogP) is 0.381. The average Bonchev–Trinajstić information content (AvgIpc) is 2.02. The summed E-state index contributed by atoms with van der Waals surface area (Å²) < 4.78 is 34.3. The minimum atomic E-state index is -4.27. The van der Waals surface area contributed by atoms with Crippen molar-refractivity contribution in [1.82, 2.24) is 0 Å². The molecule has 76 valence electrons. The second-order valence-corrected chi connectivity index (χ2v) is 3.95. The fourth-order valence-electron chi connectivity index (χ4n) is 0.824. The van der Waals surface area contributed by atoms with Gasteiger partial charge in [-0.2, -0.15) is 0 Å². The van der Waals surface area contributed by atoms with Gasteiger partial charge in [-0.05, 0) is 6.07 Å². The third-order valence-corrected chi connectivity index (χ3v) is 2.36. The van der Waals surface area contributed by atoms with E-state index < -0.39 is 31.3 Å². The van der Waals surface area contributed by atoms with Crippen LogP contribution >= 0.6 is 0 Å². The lowest BCUT2D eigenvalue weighted by atomic mass is 10.3. The minimum absolute atomic E-state index is 0.532. The Morgan fingerprint density at radius 2 is 2.00 bits per heavy atom. The van der Waals surface area contributed by atoms with Gasteiger partial charge in [0.2, 0.25) is 10.0 Å². The summed E-state index contributed by atoms with van der Waals surface area (Å²) in [4.78, 5) is 8.52. The van der Waals surface area contributed by atoms with Crippen LogP contribution in [0.5, 0.6) is 0 Å². The molecule has 0 spiro atoms. The van der Waals surface area contributed by atoms with E-state index in [1.165, 1.54) is 0 Å². The molecule has 8 heteroatoms. The van der Waals surface area contributed by atoms with E-state index in [0.29, 0.717) is 12.1 Å². The van der Waals surface area contributed by atoms with Crippen LogP contribution in [0.4, 0.5) is 10.1 Å². The Labute approximate surface area is 78.4 Å². The molecule has 0 saturated carbocycles. The molecule has 0 heterocycles. The molecule has 0 saturated heterocycles. The van der Waals surface area contributed by atoms with Gasteiger partial charge in [-0.25, -0.2) is 17.9 Å². The Balaban J connectivity index is 3.44. The molecule has 0 fully saturated rings. The number of nitro groups is 1. The largest absolute Gasteiger partial charge is 0.270 e. The highest BCUT2D eigenvalue weighted by molar-refractivity contribution is 7.89. The third kappa shape index (κ3) is 2.03. The first kappa shape index (κ1) is 10.5. The van der Waals surface area contributed by atoms with Crippen molar-refractivity contribution in [2.24, 2.45) is 5.14 Å². The topological polar surface area (TPSA) is 103 Å². The van der Waals surface area contributed by atoms with Gasteiger partial charge in [0.1, 0.15) is 10.7 Å². The quantitative estimate of drug-likeness (QED) is 0.574. The number of non-ortho nitro benzene ring substituents is 1. The van der Waals surface area contributed by atoms with E-state index in [1.807, 2.05) is 0 Å². The summed E-state index contributed by atoms with van der Waals surface area (Å²) in [5.41, 5.74) is -0.532. The summed E-state index contributed by atoms with van der Waals surface area (Å²) in [6.45, 7) is 0. The average molecular weight is 220 g/mol. The normalized spacial score (nSPS) is 11.3. The van der Waals surface area contributed by atoms with E-state index in [2.05, 4.69) is 5.14 Å². The van der Waals surface area contributed by atoms with Crippen LogP contribution in [-0.2, 0) is 10.0 Å². The molecule has 0 bridgehead atoms. The van der Waals surface area contributed by atoms with Crippen LogP contribution in [0.1, 0.15) is 0 Å². The molecule has 14 heavy (non-hydrogen) atoms. The van der Waals surface area contributed by atoms with E-state index in [0.717, 1.165) is 6.07 Å². The van der Waals surface area contributed by atoms with Gasteiger partial charge in [-0.1, -0.05) is 0 Å². The number of halogens is 1. The van der Waals surface area contributed by atoms with Crippen LogP contribution in [0, 0.1) is 15.9 Å². The predicted molar refractivity (Wildman–Crippen MR) is 44.4 cm³/mol. The van der Waals surface area contributed by atoms with Crippen LogP contribution in [0.15, 0.2) is 23.1 Å². The summed E-state index contributed by atoms with van der Waals surface area (Å²) in [6, 6.07) is 2.10. The van der Waals surface area contributed by atoms with Gasteiger partial charge in [0.25, 0.3) is 5.69 Å². The van der Waals surface area contributed by atoms with Crippen molar-refractivity contribution >= 4 is 15.7 Å². The highest BCUT2D eigenvalue weighted by Crippen LogP contribution is 2.19. The van der Waals surface area contributed by atoms with Crippen LogP contribution < -0.4 is 5.14 Å². The second kappa shape index (κ2) is 3.31. The number of rotatable bonds is 2. The summed E-state index contributed by atoms with van der Waals surface area (Å²) in [5.74, 6) is -1.11. The lowest BCUT2D eigenvalue weighted by Crippen LogP contribution is -2.14. The maximum atomic E-state index is 12.8. The van der Waals surface area contributed by atoms with Crippen molar-refractivity contribution in [3.63, 3.8) is 0 Å². The highest BCUT2D eigenvalue weighted by Gasteiger charge is 2.18. The number of primary sulfonamides is 1. The minimum Gasteiger partial charge on any atom is -0.258 e. The van der Waals surface area contributed by atoms with Crippen molar-refractivity contribution < 1.29 is 17.7 Å². The van der Waals surface area contributed by atoms with Crippen molar-refractivity contribution in [2.75, 3.05) is 0 Å². The van der Waals surface area contributed by atoms with Crippen molar-refractivity contribution in [3.8, 4) is 0 Å². The van der Waals surface area contributed by atoms with Gasteiger partial charge in [-0.3, -0.25) is 10.1 Å². The monoisotopic (exact) mass is 220 g/mol. The Morgan fingerprint density at radius 3 is 2.43 bits per heavy atom. The number of benzene rings is 1. The molecule has 0 atom stereocenters. The summed E-state index contributed by atoms with van der Waals surface area (Å²) in [5, 5.41) is 14.9. The molecule has 1 aromatic carbocycles. The molecule has 0 radical (unpaired) electrons. The molecule has 0 amide bonds. The number of nitrogens with two attached hydrogens (primary N) is 1. The first-order chi connectivity index (χ1) is 6.32. The zero-order valence-electron chi connectivity index (χ0n) is 6.68. The smallest absolute Gasteiger partial charge is 0.258 e. The molecule has 2 N–H and O–H groups in total.